The van der Waals surface area contributed by atoms with E-state index >= 15 is 0 Å². The van der Waals surface area contributed by atoms with Crippen LogP contribution in [0.4, 0.5) is 11.6 Å². The lowest BCUT2D eigenvalue weighted by molar-refractivity contribution is 0.0696. The fourth-order valence-corrected chi connectivity index (χ4v) is 4.74. The van der Waals surface area contributed by atoms with Gasteiger partial charge in [0.2, 0.25) is 5.95 Å². The van der Waals surface area contributed by atoms with E-state index in [1.54, 1.807) is 6.20 Å². The maximum absolute atomic E-state index is 12.7. The van der Waals surface area contributed by atoms with Gasteiger partial charge in [-0.2, -0.15) is 0 Å². The van der Waals surface area contributed by atoms with Crippen LogP contribution in [0.2, 0.25) is 0 Å². The molecule has 0 radical (unpaired) electrons. The van der Waals surface area contributed by atoms with E-state index in [9.17, 15) is 4.79 Å². The third-order valence-corrected chi connectivity index (χ3v) is 6.93. The lowest BCUT2D eigenvalue weighted by Gasteiger charge is -2.23. The van der Waals surface area contributed by atoms with Crippen LogP contribution >= 0.6 is 0 Å². The predicted molar refractivity (Wildman–Crippen MR) is 132 cm³/mol. The zero-order valence-electron chi connectivity index (χ0n) is 20.0. The minimum atomic E-state index is -0.0492. The Balaban J connectivity index is 1.32. The van der Waals surface area contributed by atoms with Crippen molar-refractivity contribution in [2.75, 3.05) is 18.5 Å². The van der Waals surface area contributed by atoms with Gasteiger partial charge in [-0.25, -0.2) is 9.97 Å². The Morgan fingerprint density at radius 1 is 1.12 bits per heavy atom. The molecule has 0 unspecified atom stereocenters. The fraction of sp³-hybridized carbons (Fsp3) is 0.407. The standard InChI is InChI=1S/C27H31N5O2/c1-17-14-18(25(33)30-20-8-12-34-13-9-20)4-5-22(17)31-26-28-11-7-23(32-26)19-15-21-24(29-16-19)6-10-27(21,2)3/h4-5,7,11,14-16,20H,6,8-10,12-13H2,1-3H3,(H,30,33)(H,28,31,32). The van der Waals surface area contributed by atoms with Crippen LogP contribution in [0.25, 0.3) is 11.3 Å². The van der Waals surface area contributed by atoms with Gasteiger partial charge in [-0.05, 0) is 79.5 Å². The van der Waals surface area contributed by atoms with Gasteiger partial charge in [0.1, 0.15) is 0 Å². The number of rotatable bonds is 5. The molecular weight excluding hydrogens is 426 g/mol. The summed E-state index contributed by atoms with van der Waals surface area (Å²) in [5, 5.41) is 6.42. The number of fused-ring (bicyclic) bond motifs is 1. The first-order valence-electron chi connectivity index (χ1n) is 12.0. The smallest absolute Gasteiger partial charge is 0.251 e. The molecular formula is C27H31N5O2. The van der Waals surface area contributed by atoms with Crippen LogP contribution in [0.1, 0.15) is 60.3 Å². The molecule has 0 spiro atoms. The molecule has 3 heterocycles. The molecule has 2 aliphatic rings. The van der Waals surface area contributed by atoms with Crippen LogP contribution in [0.3, 0.4) is 0 Å². The topological polar surface area (TPSA) is 89.0 Å². The van der Waals surface area contributed by atoms with Gasteiger partial charge in [-0.3, -0.25) is 9.78 Å². The van der Waals surface area contributed by atoms with E-state index in [4.69, 9.17) is 14.7 Å². The number of aryl methyl sites for hydroxylation is 2. The van der Waals surface area contributed by atoms with E-state index in [-0.39, 0.29) is 17.4 Å². The van der Waals surface area contributed by atoms with Crippen LogP contribution in [0.15, 0.2) is 42.7 Å². The number of anilines is 2. The molecule has 5 rings (SSSR count). The summed E-state index contributed by atoms with van der Waals surface area (Å²) in [4.78, 5) is 26.5. The molecule has 1 amide bonds. The number of pyridine rings is 1. The van der Waals surface area contributed by atoms with E-state index in [1.807, 2.05) is 37.4 Å². The third-order valence-electron chi connectivity index (χ3n) is 6.93. The third kappa shape index (κ3) is 4.66. The van der Waals surface area contributed by atoms with Crippen LogP contribution in [0, 0.1) is 6.92 Å². The maximum atomic E-state index is 12.7. The Labute approximate surface area is 200 Å². The van der Waals surface area contributed by atoms with Crippen molar-refractivity contribution >= 4 is 17.5 Å². The van der Waals surface area contributed by atoms with Gasteiger partial charge in [-0.1, -0.05) is 13.8 Å². The molecule has 2 N–H and O–H groups in total. The predicted octanol–water partition coefficient (Wildman–Crippen LogP) is 4.72. The molecule has 1 saturated heterocycles. The highest BCUT2D eigenvalue weighted by Crippen LogP contribution is 2.38. The molecule has 7 nitrogen and oxygen atoms in total. The largest absolute Gasteiger partial charge is 0.381 e. The maximum Gasteiger partial charge on any atom is 0.251 e. The number of ether oxygens (including phenoxy) is 1. The Morgan fingerprint density at radius 2 is 1.94 bits per heavy atom. The number of hydrogen-bond donors (Lipinski definition) is 2. The Morgan fingerprint density at radius 3 is 2.74 bits per heavy atom. The normalized spacial score (nSPS) is 17.3. The number of aromatic nitrogens is 3. The van der Waals surface area contributed by atoms with Crippen LogP contribution in [0.5, 0.6) is 0 Å². The van der Waals surface area contributed by atoms with E-state index < -0.39 is 0 Å². The van der Waals surface area contributed by atoms with Crippen LogP contribution in [-0.2, 0) is 16.6 Å². The first kappa shape index (κ1) is 22.5. The molecule has 1 aliphatic heterocycles. The Kier molecular flexibility index (Phi) is 6.04. The second kappa shape index (κ2) is 9.14. The molecule has 2 aromatic heterocycles. The summed E-state index contributed by atoms with van der Waals surface area (Å²) in [5.74, 6) is 0.464. The summed E-state index contributed by atoms with van der Waals surface area (Å²) in [6.45, 7) is 7.92. The van der Waals surface area contributed by atoms with Crippen molar-refractivity contribution in [1.82, 2.24) is 20.3 Å². The molecule has 1 aromatic carbocycles. The first-order chi connectivity index (χ1) is 16.4. The van der Waals surface area contributed by atoms with Crippen molar-refractivity contribution < 1.29 is 9.53 Å². The van der Waals surface area contributed by atoms with Gasteiger partial charge in [-0.15, -0.1) is 0 Å². The quantitative estimate of drug-likeness (QED) is 0.576. The number of carbonyl (C=O) groups excluding carboxylic acids is 1. The van der Waals surface area contributed by atoms with E-state index in [1.165, 1.54) is 11.3 Å². The summed E-state index contributed by atoms with van der Waals surface area (Å²) in [6, 6.07) is 9.94. The molecule has 7 heteroatoms. The average Bonchev–Trinajstić information content (AvgIpc) is 3.15. The first-order valence-corrected chi connectivity index (χ1v) is 12.0. The molecule has 176 valence electrons. The van der Waals surface area contributed by atoms with Crippen molar-refractivity contribution in [2.24, 2.45) is 0 Å². The van der Waals surface area contributed by atoms with Crippen molar-refractivity contribution in [2.45, 2.75) is 57.9 Å². The summed E-state index contributed by atoms with van der Waals surface area (Å²) in [7, 11) is 0. The number of benzene rings is 1. The number of carbonyl (C=O) groups is 1. The summed E-state index contributed by atoms with van der Waals surface area (Å²) in [5.41, 5.74) is 6.94. The Hall–Kier alpha value is -3.32. The van der Waals surface area contributed by atoms with Crippen LogP contribution < -0.4 is 10.6 Å². The minimum Gasteiger partial charge on any atom is -0.381 e. The molecule has 34 heavy (non-hydrogen) atoms. The SMILES string of the molecule is Cc1cc(C(=O)NC2CCOCC2)ccc1Nc1nccc(-c2cnc3c(c2)C(C)(C)CC3)n1. The highest BCUT2D eigenvalue weighted by atomic mass is 16.5. The zero-order chi connectivity index (χ0) is 23.7. The Bertz CT molecular complexity index is 1220. The summed E-state index contributed by atoms with van der Waals surface area (Å²) >= 11 is 0. The number of amides is 1. The van der Waals surface area contributed by atoms with Gasteiger partial charge in [0.15, 0.2) is 0 Å². The van der Waals surface area contributed by atoms with Gasteiger partial charge in [0, 0.05) is 54.2 Å². The van der Waals surface area contributed by atoms with E-state index in [0.29, 0.717) is 24.7 Å². The highest BCUT2D eigenvalue weighted by Gasteiger charge is 2.31. The van der Waals surface area contributed by atoms with Crippen molar-refractivity contribution in [3.05, 3.63) is 65.1 Å². The monoisotopic (exact) mass is 457 g/mol. The second-order valence-electron chi connectivity index (χ2n) is 9.88. The average molecular weight is 458 g/mol. The van der Waals surface area contributed by atoms with Gasteiger partial charge in [0.25, 0.3) is 5.91 Å². The lowest BCUT2D eigenvalue weighted by Crippen LogP contribution is -2.38. The zero-order valence-corrected chi connectivity index (χ0v) is 20.0. The van der Waals surface area contributed by atoms with Crippen LogP contribution in [-0.4, -0.2) is 40.1 Å². The van der Waals surface area contributed by atoms with Gasteiger partial charge < -0.3 is 15.4 Å². The van der Waals surface area contributed by atoms with Gasteiger partial charge in [0.05, 0.1) is 5.69 Å². The van der Waals surface area contributed by atoms with E-state index in [0.717, 1.165) is 48.2 Å². The molecule has 1 aliphatic carbocycles. The summed E-state index contributed by atoms with van der Waals surface area (Å²) in [6.07, 6.45) is 7.53. The fourth-order valence-electron chi connectivity index (χ4n) is 4.74. The molecule has 1 fully saturated rings. The minimum absolute atomic E-state index is 0.0492. The number of hydrogen-bond acceptors (Lipinski definition) is 6. The second-order valence-corrected chi connectivity index (χ2v) is 9.88. The number of nitrogens with zero attached hydrogens (tertiary/aromatic N) is 3. The lowest BCUT2D eigenvalue weighted by atomic mass is 9.86. The van der Waals surface area contributed by atoms with Crippen molar-refractivity contribution in [3.8, 4) is 11.3 Å². The van der Waals surface area contributed by atoms with Gasteiger partial charge >= 0.3 is 0 Å². The molecule has 3 aromatic rings. The van der Waals surface area contributed by atoms with E-state index in [2.05, 4.69) is 35.5 Å². The summed E-state index contributed by atoms with van der Waals surface area (Å²) < 4.78 is 5.37. The van der Waals surface area contributed by atoms with Crippen molar-refractivity contribution in [3.63, 3.8) is 0 Å². The van der Waals surface area contributed by atoms with Crippen molar-refractivity contribution in [1.29, 1.82) is 0 Å². The molecule has 0 bridgehead atoms. The highest BCUT2D eigenvalue weighted by molar-refractivity contribution is 5.95. The molecule has 0 atom stereocenters. The molecule has 0 saturated carbocycles. The number of nitrogens with one attached hydrogen (secondary N) is 2.